The minimum atomic E-state index is -0.456. The first-order valence-corrected chi connectivity index (χ1v) is 6.75. The maximum atomic E-state index is 9.53. The maximum absolute atomic E-state index is 9.53. The Labute approximate surface area is 108 Å². The van der Waals surface area contributed by atoms with Gasteiger partial charge in [-0.2, -0.15) is 0 Å². The number of aliphatic hydroxyl groups is 1. The first-order chi connectivity index (χ1) is 8.13. The summed E-state index contributed by atoms with van der Waals surface area (Å²) in [7, 11) is 0. The molecule has 17 heavy (non-hydrogen) atoms. The fourth-order valence-electron chi connectivity index (χ4n) is 2.14. The van der Waals surface area contributed by atoms with Gasteiger partial charge in [0, 0.05) is 12.6 Å². The minimum Gasteiger partial charge on any atom is -0.389 e. The number of hydrogen-bond acceptors (Lipinski definition) is 2. The van der Waals surface area contributed by atoms with Crippen LogP contribution >= 0.6 is 11.6 Å². The quantitative estimate of drug-likeness (QED) is 0.864. The lowest BCUT2D eigenvalue weighted by molar-refractivity contribution is 0.199. The zero-order valence-corrected chi connectivity index (χ0v) is 11.2. The predicted octanol–water partition coefficient (Wildman–Crippen LogP) is 3.77. The molecule has 2 rings (SSSR count). The van der Waals surface area contributed by atoms with Crippen LogP contribution in [0.25, 0.3) is 0 Å². The Morgan fingerprint density at radius 3 is 2.65 bits per heavy atom. The van der Waals surface area contributed by atoms with Crippen LogP contribution in [0.2, 0.25) is 5.02 Å². The molecule has 0 aliphatic heterocycles. The number of halogens is 1. The van der Waals surface area contributed by atoms with E-state index in [0.717, 1.165) is 29.2 Å². The maximum Gasteiger partial charge on any atom is 0.0762 e. The molecule has 1 aliphatic carbocycles. The lowest BCUT2D eigenvalue weighted by atomic mass is 10.1. The molecule has 94 valence electrons. The highest BCUT2D eigenvalue weighted by molar-refractivity contribution is 6.33. The average Bonchev–Trinajstić information content (AvgIpc) is 3.10. The zero-order chi connectivity index (χ0) is 12.4. The SMILES string of the molecule is CCCN(c1ccc([C@@H](C)O)cc1Cl)C1CC1. The van der Waals surface area contributed by atoms with Gasteiger partial charge in [-0.15, -0.1) is 0 Å². The third-order valence-electron chi connectivity index (χ3n) is 3.22. The van der Waals surface area contributed by atoms with Crippen molar-refractivity contribution < 1.29 is 5.11 Å². The van der Waals surface area contributed by atoms with E-state index in [9.17, 15) is 5.11 Å². The fourth-order valence-corrected chi connectivity index (χ4v) is 2.44. The van der Waals surface area contributed by atoms with E-state index in [4.69, 9.17) is 11.6 Å². The summed E-state index contributed by atoms with van der Waals surface area (Å²) in [6, 6.07) is 6.56. The molecule has 1 saturated carbocycles. The lowest BCUT2D eigenvalue weighted by Gasteiger charge is -2.25. The highest BCUT2D eigenvalue weighted by Gasteiger charge is 2.29. The van der Waals surface area contributed by atoms with E-state index >= 15 is 0 Å². The minimum absolute atomic E-state index is 0.456. The predicted molar refractivity (Wildman–Crippen MR) is 72.7 cm³/mol. The van der Waals surface area contributed by atoms with E-state index in [1.165, 1.54) is 12.8 Å². The Hall–Kier alpha value is -0.730. The van der Waals surface area contributed by atoms with Crippen molar-refractivity contribution >= 4 is 17.3 Å². The molecule has 1 aromatic rings. The van der Waals surface area contributed by atoms with Gasteiger partial charge in [0.25, 0.3) is 0 Å². The summed E-state index contributed by atoms with van der Waals surface area (Å²) in [5, 5.41) is 10.3. The third-order valence-corrected chi connectivity index (χ3v) is 3.52. The molecule has 2 nitrogen and oxygen atoms in total. The van der Waals surface area contributed by atoms with Gasteiger partial charge in [-0.25, -0.2) is 0 Å². The molecule has 0 aromatic heterocycles. The molecule has 0 unspecified atom stereocenters. The van der Waals surface area contributed by atoms with E-state index in [1.54, 1.807) is 6.92 Å². The van der Waals surface area contributed by atoms with Gasteiger partial charge >= 0.3 is 0 Å². The number of benzene rings is 1. The van der Waals surface area contributed by atoms with E-state index < -0.39 is 6.10 Å². The number of aliphatic hydroxyl groups excluding tert-OH is 1. The van der Waals surface area contributed by atoms with Crippen molar-refractivity contribution in [1.82, 2.24) is 0 Å². The van der Waals surface area contributed by atoms with Gasteiger partial charge < -0.3 is 10.0 Å². The van der Waals surface area contributed by atoms with Gasteiger partial charge in [0.15, 0.2) is 0 Å². The van der Waals surface area contributed by atoms with E-state index in [-0.39, 0.29) is 0 Å². The van der Waals surface area contributed by atoms with Crippen LogP contribution in [0.4, 0.5) is 5.69 Å². The highest BCUT2D eigenvalue weighted by Crippen LogP contribution is 2.36. The van der Waals surface area contributed by atoms with Gasteiger partial charge in [-0.1, -0.05) is 24.6 Å². The molecule has 0 heterocycles. The summed E-state index contributed by atoms with van der Waals surface area (Å²) in [6.07, 6.45) is 3.22. The molecule has 0 bridgehead atoms. The second-order valence-corrected chi connectivity index (χ2v) is 5.22. The molecule has 0 saturated heterocycles. The van der Waals surface area contributed by atoms with Crippen LogP contribution in [-0.2, 0) is 0 Å². The molecule has 1 aliphatic rings. The van der Waals surface area contributed by atoms with Crippen molar-refractivity contribution in [1.29, 1.82) is 0 Å². The summed E-state index contributed by atoms with van der Waals surface area (Å²) in [6.45, 7) is 5.00. The molecule has 1 aromatic carbocycles. The lowest BCUT2D eigenvalue weighted by Crippen LogP contribution is -2.26. The van der Waals surface area contributed by atoms with Crippen molar-refractivity contribution in [2.45, 2.75) is 45.3 Å². The monoisotopic (exact) mass is 253 g/mol. The van der Waals surface area contributed by atoms with E-state index in [2.05, 4.69) is 11.8 Å². The van der Waals surface area contributed by atoms with Gasteiger partial charge in [-0.3, -0.25) is 0 Å². The molecule has 1 atom stereocenters. The number of rotatable bonds is 5. The van der Waals surface area contributed by atoms with Crippen LogP contribution < -0.4 is 4.90 Å². The first-order valence-electron chi connectivity index (χ1n) is 6.37. The topological polar surface area (TPSA) is 23.5 Å². The van der Waals surface area contributed by atoms with Gasteiger partial charge in [0.05, 0.1) is 16.8 Å². The van der Waals surface area contributed by atoms with Crippen molar-refractivity contribution in [2.24, 2.45) is 0 Å². The Bertz CT molecular complexity index is 388. The molecule has 0 radical (unpaired) electrons. The Morgan fingerprint density at radius 2 is 2.18 bits per heavy atom. The van der Waals surface area contributed by atoms with Gasteiger partial charge in [-0.05, 0) is 43.9 Å². The van der Waals surface area contributed by atoms with Crippen LogP contribution in [0.15, 0.2) is 18.2 Å². The van der Waals surface area contributed by atoms with Crippen molar-refractivity contribution in [3.63, 3.8) is 0 Å². The molecule has 0 spiro atoms. The van der Waals surface area contributed by atoms with Crippen LogP contribution in [0.5, 0.6) is 0 Å². The summed E-state index contributed by atoms with van der Waals surface area (Å²) >= 11 is 6.32. The molecule has 0 amide bonds. The van der Waals surface area contributed by atoms with Gasteiger partial charge in [0.2, 0.25) is 0 Å². The standard InChI is InChI=1S/C14H20ClNO/c1-3-8-16(12-5-6-12)14-7-4-11(10(2)17)9-13(14)15/h4,7,9-10,12,17H,3,5-6,8H2,1-2H3/t10-/m1/s1. The normalized spacial score (nSPS) is 16.9. The van der Waals surface area contributed by atoms with E-state index in [0.29, 0.717) is 6.04 Å². The molecule has 3 heteroatoms. The molecule has 1 fully saturated rings. The summed E-state index contributed by atoms with van der Waals surface area (Å²) < 4.78 is 0. The van der Waals surface area contributed by atoms with Crippen molar-refractivity contribution in [3.8, 4) is 0 Å². The number of nitrogens with zero attached hydrogens (tertiary/aromatic N) is 1. The smallest absolute Gasteiger partial charge is 0.0762 e. The van der Waals surface area contributed by atoms with Crippen molar-refractivity contribution in [2.75, 3.05) is 11.4 Å². The van der Waals surface area contributed by atoms with Crippen LogP contribution in [0.1, 0.15) is 44.8 Å². The Morgan fingerprint density at radius 1 is 1.47 bits per heavy atom. The van der Waals surface area contributed by atoms with Crippen LogP contribution in [0.3, 0.4) is 0 Å². The Balaban J connectivity index is 2.24. The zero-order valence-electron chi connectivity index (χ0n) is 10.5. The largest absolute Gasteiger partial charge is 0.389 e. The summed E-state index contributed by atoms with van der Waals surface area (Å²) in [4.78, 5) is 2.40. The number of hydrogen-bond donors (Lipinski definition) is 1. The van der Waals surface area contributed by atoms with Gasteiger partial charge in [0.1, 0.15) is 0 Å². The second kappa shape index (κ2) is 5.28. The van der Waals surface area contributed by atoms with Crippen LogP contribution in [-0.4, -0.2) is 17.7 Å². The summed E-state index contributed by atoms with van der Waals surface area (Å²) in [5.74, 6) is 0. The van der Waals surface area contributed by atoms with E-state index in [1.807, 2.05) is 18.2 Å². The Kier molecular flexibility index (Phi) is 3.95. The highest BCUT2D eigenvalue weighted by atomic mass is 35.5. The molecular weight excluding hydrogens is 234 g/mol. The molecular formula is C14H20ClNO. The number of anilines is 1. The fraction of sp³-hybridized carbons (Fsp3) is 0.571. The average molecular weight is 254 g/mol. The van der Waals surface area contributed by atoms with Crippen LogP contribution in [0, 0.1) is 0 Å². The third kappa shape index (κ3) is 2.93. The summed E-state index contributed by atoms with van der Waals surface area (Å²) in [5.41, 5.74) is 1.99. The van der Waals surface area contributed by atoms with Crippen molar-refractivity contribution in [3.05, 3.63) is 28.8 Å². The molecule has 1 N–H and O–H groups in total. The second-order valence-electron chi connectivity index (χ2n) is 4.81. The first kappa shape index (κ1) is 12.7.